The molecule has 3 rings (SSSR count). The molecule has 0 bridgehead atoms. The van der Waals surface area contributed by atoms with Crippen LogP contribution in [0.25, 0.3) is 6.08 Å². The van der Waals surface area contributed by atoms with Gasteiger partial charge < -0.3 is 9.47 Å². The first-order chi connectivity index (χ1) is 15.1. The van der Waals surface area contributed by atoms with Crippen molar-refractivity contribution in [2.45, 2.75) is 20.3 Å². The molecule has 158 valence electrons. The standard InChI is InChI=1S/C24H23N3O3S/c1-17-7-5-8-18(2)22(17)30-13-6-12-29-21-10-4-3-9-19(21)15-20(16-25)23(28)27-24-26-11-14-31-24/h3-5,7-11,14-15H,6,12-13H2,1-2H3,(H,26,27,28)/b20-15+. The molecule has 7 heteroatoms. The molecule has 0 aliphatic carbocycles. The van der Waals surface area contributed by atoms with Crippen LogP contribution in [0.2, 0.25) is 0 Å². The minimum Gasteiger partial charge on any atom is -0.493 e. The normalized spacial score (nSPS) is 10.9. The number of para-hydroxylation sites is 2. The fourth-order valence-corrected chi connectivity index (χ4v) is 3.45. The summed E-state index contributed by atoms with van der Waals surface area (Å²) < 4.78 is 11.8. The Balaban J connectivity index is 1.59. The molecule has 0 radical (unpaired) electrons. The summed E-state index contributed by atoms with van der Waals surface area (Å²) in [6, 6.07) is 15.3. The first-order valence-corrected chi connectivity index (χ1v) is 10.7. The molecule has 2 aromatic carbocycles. The zero-order valence-corrected chi connectivity index (χ0v) is 18.2. The Hall–Kier alpha value is -3.63. The average Bonchev–Trinajstić information content (AvgIpc) is 3.27. The molecule has 6 nitrogen and oxygen atoms in total. The molecule has 1 aromatic heterocycles. The second-order valence-electron chi connectivity index (χ2n) is 6.77. The van der Waals surface area contributed by atoms with Crippen LogP contribution in [-0.4, -0.2) is 24.1 Å². The van der Waals surface area contributed by atoms with Gasteiger partial charge in [0.1, 0.15) is 23.1 Å². The van der Waals surface area contributed by atoms with Crippen LogP contribution in [0.3, 0.4) is 0 Å². The van der Waals surface area contributed by atoms with E-state index in [1.54, 1.807) is 17.6 Å². The Morgan fingerprint density at radius 1 is 1.13 bits per heavy atom. The Labute approximate surface area is 185 Å². The van der Waals surface area contributed by atoms with E-state index >= 15 is 0 Å². The maximum absolute atomic E-state index is 12.4. The van der Waals surface area contributed by atoms with Gasteiger partial charge in [-0.25, -0.2) is 4.98 Å². The van der Waals surface area contributed by atoms with E-state index in [1.807, 2.05) is 56.3 Å². The number of carbonyl (C=O) groups is 1. The number of nitrogens with zero attached hydrogens (tertiary/aromatic N) is 2. The Bertz CT molecular complexity index is 1080. The number of anilines is 1. The van der Waals surface area contributed by atoms with Crippen LogP contribution < -0.4 is 14.8 Å². The number of hydrogen-bond acceptors (Lipinski definition) is 6. The number of rotatable bonds is 9. The van der Waals surface area contributed by atoms with E-state index in [0.717, 1.165) is 16.9 Å². The summed E-state index contributed by atoms with van der Waals surface area (Å²) in [5, 5.41) is 14.2. The van der Waals surface area contributed by atoms with E-state index in [2.05, 4.69) is 10.3 Å². The van der Waals surface area contributed by atoms with Crippen LogP contribution in [0.15, 0.2) is 59.6 Å². The van der Waals surface area contributed by atoms with Gasteiger partial charge in [-0.2, -0.15) is 5.26 Å². The number of amides is 1. The van der Waals surface area contributed by atoms with Gasteiger partial charge in [0.15, 0.2) is 5.13 Å². The topological polar surface area (TPSA) is 84.2 Å². The maximum atomic E-state index is 12.4. The highest BCUT2D eigenvalue weighted by atomic mass is 32.1. The van der Waals surface area contributed by atoms with Gasteiger partial charge in [0.2, 0.25) is 0 Å². The summed E-state index contributed by atoms with van der Waals surface area (Å²) in [5.74, 6) is 1.01. The third-order valence-corrected chi connectivity index (χ3v) is 5.13. The molecule has 0 atom stereocenters. The molecule has 1 amide bonds. The van der Waals surface area contributed by atoms with Crippen molar-refractivity contribution in [1.82, 2.24) is 4.98 Å². The molecule has 0 unspecified atom stereocenters. The molecule has 31 heavy (non-hydrogen) atoms. The van der Waals surface area contributed by atoms with Crippen LogP contribution in [0.4, 0.5) is 5.13 Å². The zero-order valence-electron chi connectivity index (χ0n) is 17.4. The van der Waals surface area contributed by atoms with Gasteiger partial charge >= 0.3 is 0 Å². The van der Waals surface area contributed by atoms with Crippen LogP contribution in [-0.2, 0) is 4.79 Å². The minimum atomic E-state index is -0.505. The Morgan fingerprint density at radius 2 is 1.87 bits per heavy atom. The van der Waals surface area contributed by atoms with Gasteiger partial charge in [-0.05, 0) is 37.1 Å². The largest absolute Gasteiger partial charge is 0.493 e. The predicted octanol–water partition coefficient (Wildman–Crippen LogP) is 5.15. The fraction of sp³-hybridized carbons (Fsp3) is 0.208. The van der Waals surface area contributed by atoms with Gasteiger partial charge in [0.05, 0.1) is 13.2 Å². The van der Waals surface area contributed by atoms with Crippen molar-refractivity contribution in [3.8, 4) is 17.6 Å². The number of nitrogens with one attached hydrogen (secondary N) is 1. The highest BCUT2D eigenvalue weighted by Crippen LogP contribution is 2.24. The number of hydrogen-bond donors (Lipinski definition) is 1. The van der Waals surface area contributed by atoms with Gasteiger partial charge in [-0.1, -0.05) is 36.4 Å². The summed E-state index contributed by atoms with van der Waals surface area (Å²) in [5.41, 5.74) is 2.85. The molecule has 0 fully saturated rings. The van der Waals surface area contributed by atoms with E-state index in [0.29, 0.717) is 36.1 Å². The number of benzene rings is 2. The Morgan fingerprint density at radius 3 is 2.58 bits per heavy atom. The quantitative estimate of drug-likeness (QED) is 0.286. The summed E-state index contributed by atoms with van der Waals surface area (Å²) in [6.07, 6.45) is 3.80. The number of aromatic nitrogens is 1. The fourth-order valence-electron chi connectivity index (χ4n) is 2.93. The Kier molecular flexibility index (Phi) is 7.79. The van der Waals surface area contributed by atoms with Gasteiger partial charge in [-0.15, -0.1) is 11.3 Å². The molecule has 0 aliphatic heterocycles. The molecule has 1 N–H and O–H groups in total. The van der Waals surface area contributed by atoms with Crippen molar-refractivity contribution in [2.75, 3.05) is 18.5 Å². The third kappa shape index (κ3) is 6.17. The number of thiazole rings is 1. The monoisotopic (exact) mass is 433 g/mol. The van der Waals surface area contributed by atoms with Crippen molar-refractivity contribution < 1.29 is 14.3 Å². The SMILES string of the molecule is Cc1cccc(C)c1OCCCOc1ccccc1/C=C(\C#N)C(=O)Nc1nccs1. The first kappa shape index (κ1) is 22.1. The van der Waals surface area contributed by atoms with Crippen molar-refractivity contribution in [1.29, 1.82) is 5.26 Å². The smallest absolute Gasteiger partial charge is 0.268 e. The predicted molar refractivity (Wildman–Crippen MR) is 122 cm³/mol. The highest BCUT2D eigenvalue weighted by molar-refractivity contribution is 7.13. The summed E-state index contributed by atoms with van der Waals surface area (Å²) in [7, 11) is 0. The molecule has 0 saturated heterocycles. The molecular formula is C24H23N3O3S. The van der Waals surface area contributed by atoms with Gasteiger partial charge in [-0.3, -0.25) is 10.1 Å². The lowest BCUT2D eigenvalue weighted by molar-refractivity contribution is -0.112. The molecule has 0 spiro atoms. The highest BCUT2D eigenvalue weighted by Gasteiger charge is 2.12. The molecule has 3 aromatic rings. The lowest BCUT2D eigenvalue weighted by Gasteiger charge is -2.13. The average molecular weight is 434 g/mol. The van der Waals surface area contributed by atoms with E-state index in [4.69, 9.17) is 9.47 Å². The number of carbonyl (C=O) groups excluding carboxylic acids is 1. The molecule has 0 saturated carbocycles. The zero-order chi connectivity index (χ0) is 22.1. The van der Waals surface area contributed by atoms with Crippen molar-refractivity contribution in [3.63, 3.8) is 0 Å². The van der Waals surface area contributed by atoms with Gasteiger partial charge in [0.25, 0.3) is 5.91 Å². The summed E-state index contributed by atoms with van der Waals surface area (Å²) in [6.45, 7) is 5.03. The van der Waals surface area contributed by atoms with Crippen molar-refractivity contribution in [3.05, 3.63) is 76.3 Å². The third-order valence-electron chi connectivity index (χ3n) is 4.44. The molecule has 0 aliphatic rings. The lowest BCUT2D eigenvalue weighted by atomic mass is 10.1. The first-order valence-electron chi connectivity index (χ1n) is 9.82. The lowest BCUT2D eigenvalue weighted by Crippen LogP contribution is -2.13. The van der Waals surface area contributed by atoms with Crippen LogP contribution in [0.5, 0.6) is 11.5 Å². The van der Waals surface area contributed by atoms with Crippen molar-refractivity contribution in [2.24, 2.45) is 0 Å². The van der Waals surface area contributed by atoms with E-state index in [9.17, 15) is 10.1 Å². The number of nitriles is 1. The summed E-state index contributed by atoms with van der Waals surface area (Å²) >= 11 is 1.29. The van der Waals surface area contributed by atoms with Crippen LogP contribution >= 0.6 is 11.3 Å². The second-order valence-corrected chi connectivity index (χ2v) is 7.66. The minimum absolute atomic E-state index is 0.0235. The molecule has 1 heterocycles. The maximum Gasteiger partial charge on any atom is 0.268 e. The number of aryl methyl sites for hydroxylation is 2. The van der Waals surface area contributed by atoms with E-state index in [-0.39, 0.29) is 5.57 Å². The number of ether oxygens (including phenoxy) is 2. The summed E-state index contributed by atoms with van der Waals surface area (Å²) in [4.78, 5) is 16.4. The van der Waals surface area contributed by atoms with Crippen LogP contribution in [0, 0.1) is 25.2 Å². The second kappa shape index (κ2) is 11.0. The molecular weight excluding hydrogens is 410 g/mol. The van der Waals surface area contributed by atoms with Crippen LogP contribution in [0.1, 0.15) is 23.1 Å². The van der Waals surface area contributed by atoms with E-state index in [1.165, 1.54) is 17.4 Å². The van der Waals surface area contributed by atoms with Crippen molar-refractivity contribution >= 4 is 28.5 Å². The van der Waals surface area contributed by atoms with Gasteiger partial charge in [0, 0.05) is 23.6 Å². The van der Waals surface area contributed by atoms with E-state index < -0.39 is 5.91 Å².